The van der Waals surface area contributed by atoms with Gasteiger partial charge in [0, 0.05) is 11.3 Å². The monoisotopic (exact) mass is 466 g/mol. The average molecular weight is 466 g/mol. The highest BCUT2D eigenvalue weighted by molar-refractivity contribution is 6.04. The van der Waals surface area contributed by atoms with Gasteiger partial charge in [-0.2, -0.15) is 8.78 Å². The number of hydrogen-bond acceptors (Lipinski definition) is 4. The summed E-state index contributed by atoms with van der Waals surface area (Å²) in [5.41, 5.74) is -1.02. The zero-order valence-corrected chi connectivity index (χ0v) is 17.7. The summed E-state index contributed by atoms with van der Waals surface area (Å²) in [6.45, 7) is 1.49. The number of rotatable bonds is 4. The number of ether oxygens (including phenoxy) is 1. The maximum absolute atomic E-state index is 15.3. The van der Waals surface area contributed by atoms with Crippen molar-refractivity contribution in [2.24, 2.45) is 0 Å². The van der Waals surface area contributed by atoms with E-state index < -0.39 is 53.1 Å². The molecule has 0 aromatic heterocycles. The summed E-state index contributed by atoms with van der Waals surface area (Å²) in [6, 6.07) is 4.67. The van der Waals surface area contributed by atoms with Crippen molar-refractivity contribution in [3.63, 3.8) is 0 Å². The first-order chi connectivity index (χ1) is 15.6. The van der Waals surface area contributed by atoms with Gasteiger partial charge in [-0.1, -0.05) is 0 Å². The van der Waals surface area contributed by atoms with Crippen LogP contribution in [0.25, 0.3) is 0 Å². The number of carbonyl (C=O) groups excluding carboxylic acids is 2. The number of morpholine rings is 1. The fourth-order valence-electron chi connectivity index (χ4n) is 4.33. The van der Waals surface area contributed by atoms with Crippen LogP contribution in [0.1, 0.15) is 34.3 Å². The van der Waals surface area contributed by atoms with Crippen molar-refractivity contribution in [2.45, 2.75) is 43.9 Å². The normalized spacial score (nSPS) is 22.7. The number of carbonyl (C=O) groups is 2. The first kappa shape index (κ1) is 23.2. The fraction of sp³-hybridized carbons (Fsp3) is 0.391. The van der Waals surface area contributed by atoms with E-state index in [-0.39, 0.29) is 42.9 Å². The number of alkyl halides is 2. The zero-order valence-electron chi connectivity index (χ0n) is 17.7. The third-order valence-corrected chi connectivity index (χ3v) is 5.98. The number of nitrogens with zero attached hydrogens (tertiary/aromatic N) is 1. The van der Waals surface area contributed by atoms with E-state index in [1.54, 1.807) is 0 Å². The van der Waals surface area contributed by atoms with Gasteiger partial charge in [0.25, 0.3) is 11.8 Å². The molecule has 2 aromatic carbocycles. The molecule has 176 valence electrons. The molecule has 2 aromatic rings. The molecule has 2 aliphatic heterocycles. The third-order valence-electron chi connectivity index (χ3n) is 5.98. The Morgan fingerprint density at radius 1 is 1.06 bits per heavy atom. The quantitative estimate of drug-likeness (QED) is 0.678. The van der Waals surface area contributed by atoms with Crippen molar-refractivity contribution in [2.75, 3.05) is 18.5 Å². The molecule has 3 atom stereocenters. The number of aliphatic hydroxyl groups excluding tert-OH is 1. The highest BCUT2D eigenvalue weighted by Crippen LogP contribution is 2.38. The maximum Gasteiger partial charge on any atom is 0.352 e. The molecule has 2 saturated heterocycles. The van der Waals surface area contributed by atoms with Crippen LogP contribution in [0, 0.1) is 18.6 Å². The lowest BCUT2D eigenvalue weighted by molar-refractivity contribution is -0.182. The Morgan fingerprint density at radius 3 is 2.33 bits per heavy atom. The number of halogens is 4. The summed E-state index contributed by atoms with van der Waals surface area (Å²) in [5.74, 6) is -8.48. The molecule has 2 amide bonds. The molecular formula is C23H22F4N2O4. The first-order valence-corrected chi connectivity index (χ1v) is 10.4. The number of benzene rings is 2. The van der Waals surface area contributed by atoms with E-state index in [1.165, 1.54) is 19.1 Å². The van der Waals surface area contributed by atoms with Crippen LogP contribution in [0.4, 0.5) is 23.2 Å². The van der Waals surface area contributed by atoms with Gasteiger partial charge in [0.2, 0.25) is 0 Å². The molecule has 33 heavy (non-hydrogen) atoms. The standard InChI is InChI=1S/C23H22F4N2O4/c1-12-6-14(3-5-19(12)24)28-21(31)13-2-4-20(25)18(7-13)23(26,27)22(32)29-15-8-17(30)9-16(29)11-33-10-15/h2-7,15-17,30H,8-11H2,1H3,(H,28,31)/t15-,16+,17?. The molecule has 2 N–H and O–H groups in total. The smallest absolute Gasteiger partial charge is 0.352 e. The minimum Gasteiger partial charge on any atom is -0.393 e. The zero-order chi connectivity index (χ0) is 23.9. The van der Waals surface area contributed by atoms with Gasteiger partial charge in [-0.05, 0) is 61.7 Å². The van der Waals surface area contributed by atoms with E-state index in [2.05, 4.69) is 5.32 Å². The van der Waals surface area contributed by atoms with E-state index >= 15 is 8.78 Å². The molecule has 2 aliphatic rings. The Balaban J connectivity index is 1.60. The van der Waals surface area contributed by atoms with Crippen molar-refractivity contribution in [1.29, 1.82) is 0 Å². The SMILES string of the molecule is Cc1cc(NC(=O)c2ccc(F)c(C(F)(F)C(=O)N3[C@@H]4COC[C@H]3CC(O)C4)c2)ccc1F. The number of aryl methyl sites for hydroxylation is 1. The van der Waals surface area contributed by atoms with Crippen LogP contribution in [0.5, 0.6) is 0 Å². The molecular weight excluding hydrogens is 444 g/mol. The summed E-state index contributed by atoms with van der Waals surface area (Å²) in [5, 5.41) is 12.4. The Labute approximate surface area is 187 Å². The van der Waals surface area contributed by atoms with E-state index in [9.17, 15) is 23.5 Å². The van der Waals surface area contributed by atoms with Crippen molar-refractivity contribution < 1.29 is 37.0 Å². The Hall–Kier alpha value is -2.98. The van der Waals surface area contributed by atoms with Crippen LogP contribution in [-0.4, -0.2) is 53.2 Å². The van der Waals surface area contributed by atoms with Gasteiger partial charge in [0.05, 0.1) is 37.0 Å². The van der Waals surface area contributed by atoms with Crippen LogP contribution in [0.3, 0.4) is 0 Å². The van der Waals surface area contributed by atoms with Gasteiger partial charge >= 0.3 is 5.92 Å². The number of anilines is 1. The minimum atomic E-state index is -4.25. The predicted octanol–water partition coefficient (Wildman–Crippen LogP) is 3.37. The number of nitrogens with one attached hydrogen (secondary N) is 1. The second-order valence-electron chi connectivity index (χ2n) is 8.37. The molecule has 6 nitrogen and oxygen atoms in total. The number of amides is 2. The van der Waals surface area contributed by atoms with Gasteiger partial charge in [-0.25, -0.2) is 8.78 Å². The predicted molar refractivity (Wildman–Crippen MR) is 110 cm³/mol. The van der Waals surface area contributed by atoms with Gasteiger partial charge in [-0.3, -0.25) is 9.59 Å². The van der Waals surface area contributed by atoms with Gasteiger partial charge in [0.1, 0.15) is 11.6 Å². The first-order valence-electron chi connectivity index (χ1n) is 10.4. The molecule has 10 heteroatoms. The highest BCUT2D eigenvalue weighted by atomic mass is 19.3. The summed E-state index contributed by atoms with van der Waals surface area (Å²) in [7, 11) is 0. The number of hydrogen-bond donors (Lipinski definition) is 2. The molecule has 2 fully saturated rings. The van der Waals surface area contributed by atoms with Crippen LogP contribution >= 0.6 is 0 Å². The molecule has 0 aliphatic carbocycles. The van der Waals surface area contributed by atoms with Gasteiger partial charge in [0.15, 0.2) is 0 Å². The molecule has 1 unspecified atom stereocenters. The lowest BCUT2D eigenvalue weighted by Crippen LogP contribution is -2.62. The lowest BCUT2D eigenvalue weighted by Gasteiger charge is -2.48. The number of piperidine rings is 1. The topological polar surface area (TPSA) is 78.9 Å². The Kier molecular flexibility index (Phi) is 6.15. The molecule has 2 heterocycles. The van der Waals surface area contributed by atoms with Crippen LogP contribution < -0.4 is 5.32 Å². The van der Waals surface area contributed by atoms with E-state index in [4.69, 9.17) is 4.74 Å². The van der Waals surface area contributed by atoms with Crippen LogP contribution in [-0.2, 0) is 15.5 Å². The largest absolute Gasteiger partial charge is 0.393 e. The van der Waals surface area contributed by atoms with Crippen LogP contribution in [0.15, 0.2) is 36.4 Å². The Morgan fingerprint density at radius 2 is 1.70 bits per heavy atom. The van der Waals surface area contributed by atoms with Gasteiger partial charge in [-0.15, -0.1) is 0 Å². The lowest BCUT2D eigenvalue weighted by atomic mass is 9.90. The fourth-order valence-corrected chi connectivity index (χ4v) is 4.33. The molecule has 2 bridgehead atoms. The second kappa shape index (κ2) is 8.75. The number of fused-ring (bicyclic) bond motifs is 2. The van der Waals surface area contributed by atoms with E-state index in [0.29, 0.717) is 12.1 Å². The van der Waals surface area contributed by atoms with Gasteiger partial charge < -0.3 is 20.1 Å². The van der Waals surface area contributed by atoms with Crippen molar-refractivity contribution >= 4 is 17.5 Å². The van der Waals surface area contributed by atoms with E-state index in [0.717, 1.165) is 17.0 Å². The summed E-state index contributed by atoms with van der Waals surface area (Å²) >= 11 is 0. The Bertz CT molecular complexity index is 1080. The molecule has 0 spiro atoms. The summed E-state index contributed by atoms with van der Waals surface area (Å²) in [4.78, 5) is 26.4. The highest BCUT2D eigenvalue weighted by Gasteiger charge is 2.52. The average Bonchev–Trinajstić information content (AvgIpc) is 2.75. The molecule has 0 saturated carbocycles. The van der Waals surface area contributed by atoms with E-state index in [1.807, 2.05) is 0 Å². The van der Waals surface area contributed by atoms with Crippen molar-refractivity contribution in [3.8, 4) is 0 Å². The van der Waals surface area contributed by atoms with Crippen molar-refractivity contribution in [1.82, 2.24) is 4.90 Å². The summed E-state index contributed by atoms with van der Waals surface area (Å²) < 4.78 is 63.7. The molecule has 4 rings (SSSR count). The second-order valence-corrected chi connectivity index (χ2v) is 8.37. The minimum absolute atomic E-state index is 0.00258. The van der Waals surface area contributed by atoms with Crippen LogP contribution in [0.2, 0.25) is 0 Å². The third kappa shape index (κ3) is 4.45. The summed E-state index contributed by atoms with van der Waals surface area (Å²) in [6.07, 6.45) is -0.568. The molecule has 0 radical (unpaired) electrons. The number of aliphatic hydroxyl groups is 1. The van der Waals surface area contributed by atoms with Crippen molar-refractivity contribution in [3.05, 3.63) is 64.7 Å². The maximum atomic E-state index is 15.3.